The second-order valence-corrected chi connectivity index (χ2v) is 9.00. The molecular formula is C20H20N4O3S2. The molecule has 0 radical (unpaired) electrons. The number of hydrogen-bond donors (Lipinski definition) is 2. The Hall–Kier alpha value is -2.91. The molecular weight excluding hydrogens is 408 g/mol. The number of thiocarbonyl (C=S) groups is 1. The Bertz CT molecular complexity index is 1130. The Morgan fingerprint density at radius 1 is 1.14 bits per heavy atom. The Morgan fingerprint density at radius 2 is 1.90 bits per heavy atom. The molecule has 4 rings (SSSR count). The third kappa shape index (κ3) is 4.10. The van der Waals surface area contributed by atoms with Crippen LogP contribution in [-0.4, -0.2) is 24.8 Å². The first-order chi connectivity index (χ1) is 13.8. The largest absolute Gasteiger partial charge is 0.464 e. The minimum absolute atomic E-state index is 0.192. The van der Waals surface area contributed by atoms with Crippen LogP contribution in [0.2, 0.25) is 0 Å². The van der Waals surface area contributed by atoms with Crippen molar-refractivity contribution in [3.05, 3.63) is 78.0 Å². The van der Waals surface area contributed by atoms with Crippen LogP contribution in [0.3, 0.4) is 0 Å². The highest BCUT2D eigenvalue weighted by atomic mass is 32.2. The number of nitrogens with zero attached hydrogens (tertiary/aromatic N) is 2. The van der Waals surface area contributed by atoms with E-state index < -0.39 is 10.0 Å². The monoisotopic (exact) mass is 428 g/mol. The van der Waals surface area contributed by atoms with Gasteiger partial charge in [-0.1, -0.05) is 6.07 Å². The van der Waals surface area contributed by atoms with Gasteiger partial charge in [-0.3, -0.25) is 9.71 Å². The number of sulfonamides is 1. The van der Waals surface area contributed by atoms with E-state index in [-0.39, 0.29) is 12.1 Å². The van der Waals surface area contributed by atoms with Crippen LogP contribution in [0, 0.1) is 6.92 Å². The lowest BCUT2D eigenvalue weighted by atomic mass is 10.0. The molecule has 3 aromatic rings. The van der Waals surface area contributed by atoms with Gasteiger partial charge in [0.25, 0.3) is 0 Å². The number of rotatable bonds is 5. The van der Waals surface area contributed by atoms with E-state index in [0.717, 1.165) is 29.2 Å². The molecule has 1 aliphatic rings. The van der Waals surface area contributed by atoms with E-state index >= 15 is 0 Å². The van der Waals surface area contributed by atoms with Crippen LogP contribution in [0.4, 0.5) is 11.4 Å². The highest BCUT2D eigenvalue weighted by molar-refractivity contribution is 7.92. The van der Waals surface area contributed by atoms with E-state index in [1.54, 1.807) is 18.3 Å². The first kappa shape index (κ1) is 19.4. The summed E-state index contributed by atoms with van der Waals surface area (Å²) in [6.45, 7) is 1.90. The van der Waals surface area contributed by atoms with Gasteiger partial charge in [0.15, 0.2) is 5.11 Å². The second kappa shape index (κ2) is 7.49. The summed E-state index contributed by atoms with van der Waals surface area (Å²) in [5, 5.41) is 3.90. The van der Waals surface area contributed by atoms with E-state index in [1.807, 2.05) is 54.3 Å². The van der Waals surface area contributed by atoms with Gasteiger partial charge < -0.3 is 14.6 Å². The molecule has 0 bridgehead atoms. The van der Waals surface area contributed by atoms with E-state index in [2.05, 4.69) is 15.0 Å². The standard InChI is InChI=1S/C20H20N4O3S2/c1-13-6-11-17(27-13)19-18(16-5-3-4-12-21-16)22-20(28)24(19)15-9-7-14(8-10-15)23-29(2,25)26/h3-12,18-19,23H,1-2H3,(H,22,28)/t18-,19-/m0/s1. The fourth-order valence-corrected chi connectivity index (χ4v) is 4.35. The Labute approximate surface area is 174 Å². The fraction of sp³-hybridized carbons (Fsp3) is 0.200. The van der Waals surface area contributed by atoms with Gasteiger partial charge in [0.05, 0.1) is 18.0 Å². The van der Waals surface area contributed by atoms with E-state index in [4.69, 9.17) is 16.6 Å². The fourth-order valence-electron chi connectivity index (χ4n) is 3.44. The van der Waals surface area contributed by atoms with Gasteiger partial charge in [0.2, 0.25) is 10.0 Å². The molecule has 0 unspecified atom stereocenters. The smallest absolute Gasteiger partial charge is 0.229 e. The average Bonchev–Trinajstić information content (AvgIpc) is 3.25. The van der Waals surface area contributed by atoms with Gasteiger partial charge in [-0.15, -0.1) is 0 Å². The molecule has 9 heteroatoms. The second-order valence-electron chi connectivity index (χ2n) is 6.87. The zero-order chi connectivity index (χ0) is 20.6. The molecule has 3 heterocycles. The molecule has 1 fully saturated rings. The summed E-state index contributed by atoms with van der Waals surface area (Å²) in [6, 6.07) is 16.3. The molecule has 1 aliphatic heterocycles. The summed E-state index contributed by atoms with van der Waals surface area (Å²) in [5.74, 6) is 1.58. The van der Waals surface area contributed by atoms with Crippen molar-refractivity contribution in [1.82, 2.24) is 10.3 Å². The van der Waals surface area contributed by atoms with Gasteiger partial charge in [-0.2, -0.15) is 0 Å². The third-order valence-electron chi connectivity index (χ3n) is 4.60. The maximum atomic E-state index is 11.5. The highest BCUT2D eigenvalue weighted by Crippen LogP contribution is 2.42. The van der Waals surface area contributed by atoms with Crippen LogP contribution >= 0.6 is 12.2 Å². The molecule has 1 aromatic carbocycles. The summed E-state index contributed by atoms with van der Waals surface area (Å²) in [7, 11) is -3.34. The number of pyridine rings is 1. The summed E-state index contributed by atoms with van der Waals surface area (Å²) in [6.07, 6.45) is 2.87. The molecule has 7 nitrogen and oxygen atoms in total. The maximum absolute atomic E-state index is 11.5. The lowest BCUT2D eigenvalue weighted by Crippen LogP contribution is -2.29. The quantitative estimate of drug-likeness (QED) is 0.601. The average molecular weight is 429 g/mol. The molecule has 0 aliphatic carbocycles. The van der Waals surface area contributed by atoms with Crippen molar-refractivity contribution in [2.24, 2.45) is 0 Å². The van der Waals surface area contributed by atoms with E-state index in [1.165, 1.54) is 0 Å². The number of hydrogen-bond acceptors (Lipinski definition) is 5. The third-order valence-corrected chi connectivity index (χ3v) is 5.52. The maximum Gasteiger partial charge on any atom is 0.229 e. The summed E-state index contributed by atoms with van der Waals surface area (Å²) in [5.41, 5.74) is 2.16. The number of nitrogens with one attached hydrogen (secondary N) is 2. The van der Waals surface area contributed by atoms with Crippen LogP contribution < -0.4 is 14.9 Å². The number of furan rings is 1. The minimum Gasteiger partial charge on any atom is -0.464 e. The van der Waals surface area contributed by atoms with Crippen molar-refractivity contribution < 1.29 is 12.8 Å². The molecule has 0 spiro atoms. The molecule has 1 saturated heterocycles. The van der Waals surface area contributed by atoms with Crippen LogP contribution in [0.25, 0.3) is 0 Å². The predicted molar refractivity (Wildman–Crippen MR) is 116 cm³/mol. The summed E-state index contributed by atoms with van der Waals surface area (Å²) >= 11 is 5.64. The number of aromatic nitrogens is 1. The van der Waals surface area contributed by atoms with Crippen LogP contribution in [0.1, 0.15) is 29.3 Å². The molecule has 0 saturated carbocycles. The molecule has 150 valence electrons. The van der Waals surface area contributed by atoms with Crippen molar-refractivity contribution in [2.45, 2.75) is 19.0 Å². The molecule has 2 atom stereocenters. The minimum atomic E-state index is -3.34. The van der Waals surface area contributed by atoms with E-state index in [0.29, 0.717) is 10.8 Å². The molecule has 0 amide bonds. The van der Waals surface area contributed by atoms with Gasteiger partial charge in [-0.05, 0) is 67.7 Å². The number of aryl methyl sites for hydroxylation is 1. The first-order valence-corrected chi connectivity index (χ1v) is 11.3. The van der Waals surface area contributed by atoms with Crippen LogP contribution in [-0.2, 0) is 10.0 Å². The molecule has 2 aromatic heterocycles. The Morgan fingerprint density at radius 3 is 2.48 bits per heavy atom. The molecule has 29 heavy (non-hydrogen) atoms. The SMILES string of the molecule is Cc1ccc([C@H]2[C@H](c3ccccn3)NC(=S)N2c2ccc(NS(C)(=O)=O)cc2)o1. The van der Waals surface area contributed by atoms with Crippen LogP contribution in [0.15, 0.2) is 65.2 Å². The van der Waals surface area contributed by atoms with Gasteiger partial charge in [0.1, 0.15) is 17.6 Å². The summed E-state index contributed by atoms with van der Waals surface area (Å²) in [4.78, 5) is 6.46. The van der Waals surface area contributed by atoms with Gasteiger partial charge in [-0.25, -0.2) is 8.42 Å². The number of anilines is 2. The van der Waals surface area contributed by atoms with Crippen molar-refractivity contribution in [1.29, 1.82) is 0 Å². The normalized spacial score (nSPS) is 19.2. The van der Waals surface area contributed by atoms with Crippen molar-refractivity contribution in [2.75, 3.05) is 15.9 Å². The molecule has 2 N–H and O–H groups in total. The van der Waals surface area contributed by atoms with E-state index in [9.17, 15) is 8.42 Å². The first-order valence-electron chi connectivity index (χ1n) is 8.97. The lowest BCUT2D eigenvalue weighted by molar-refractivity contribution is 0.418. The Balaban J connectivity index is 1.73. The highest BCUT2D eigenvalue weighted by Gasteiger charge is 2.42. The van der Waals surface area contributed by atoms with Gasteiger partial charge in [0, 0.05) is 17.6 Å². The van der Waals surface area contributed by atoms with Crippen molar-refractivity contribution >= 4 is 38.7 Å². The van der Waals surface area contributed by atoms with Crippen molar-refractivity contribution in [3.8, 4) is 0 Å². The zero-order valence-corrected chi connectivity index (χ0v) is 17.5. The summed E-state index contributed by atoms with van der Waals surface area (Å²) < 4.78 is 31.3. The topological polar surface area (TPSA) is 87.5 Å². The zero-order valence-electron chi connectivity index (χ0n) is 15.9. The Kier molecular flexibility index (Phi) is 5.01. The van der Waals surface area contributed by atoms with Gasteiger partial charge >= 0.3 is 0 Å². The number of benzene rings is 1. The lowest BCUT2D eigenvalue weighted by Gasteiger charge is -2.26. The van der Waals surface area contributed by atoms with Crippen molar-refractivity contribution in [3.63, 3.8) is 0 Å². The predicted octanol–water partition coefficient (Wildman–Crippen LogP) is 3.53. The van der Waals surface area contributed by atoms with Crippen LogP contribution in [0.5, 0.6) is 0 Å².